The number of halogens is 3. The summed E-state index contributed by atoms with van der Waals surface area (Å²) in [5.74, 6) is 0.105. The fourth-order valence-corrected chi connectivity index (χ4v) is 3.41. The standard InChI is InChI=1S/C24H28ClF2N3O4/c1-24(2,17-5-8-23(22(27)9-17)34-14-19(31)10-25)16-3-6-21(7-4-16)33-15-20(32)13-30-12-18(11-26)28-29-30/h3-9,12,19-20,31-32H,10-11,13-15H2,1-2H3/t19-,20+/m1/s1. The van der Waals surface area contributed by atoms with E-state index in [2.05, 4.69) is 10.3 Å². The fraction of sp³-hybridized carbons (Fsp3) is 0.417. The highest BCUT2D eigenvalue weighted by atomic mass is 35.5. The summed E-state index contributed by atoms with van der Waals surface area (Å²) < 4.78 is 39.4. The maximum absolute atomic E-state index is 14.6. The Balaban J connectivity index is 1.59. The van der Waals surface area contributed by atoms with Crippen LogP contribution in [0.1, 0.15) is 30.7 Å². The molecule has 0 saturated heterocycles. The molecule has 0 radical (unpaired) electrons. The molecule has 0 spiro atoms. The van der Waals surface area contributed by atoms with Gasteiger partial charge in [0.2, 0.25) is 0 Å². The predicted octanol–water partition coefficient (Wildman–Crippen LogP) is 3.63. The highest BCUT2D eigenvalue weighted by Crippen LogP contribution is 2.34. The van der Waals surface area contributed by atoms with Crippen molar-refractivity contribution >= 4 is 11.6 Å². The quantitative estimate of drug-likeness (QED) is 0.373. The van der Waals surface area contributed by atoms with Gasteiger partial charge in [0.25, 0.3) is 0 Å². The van der Waals surface area contributed by atoms with Gasteiger partial charge in [0.15, 0.2) is 11.6 Å². The highest BCUT2D eigenvalue weighted by Gasteiger charge is 2.25. The predicted molar refractivity (Wildman–Crippen MR) is 124 cm³/mol. The van der Waals surface area contributed by atoms with E-state index in [1.165, 1.54) is 23.0 Å². The van der Waals surface area contributed by atoms with Crippen molar-refractivity contribution in [2.75, 3.05) is 19.1 Å². The number of alkyl halides is 2. The van der Waals surface area contributed by atoms with E-state index in [9.17, 15) is 19.0 Å². The van der Waals surface area contributed by atoms with Crippen molar-refractivity contribution in [1.82, 2.24) is 15.0 Å². The van der Waals surface area contributed by atoms with Gasteiger partial charge in [0, 0.05) is 5.41 Å². The Labute approximate surface area is 201 Å². The molecule has 0 fully saturated rings. The van der Waals surface area contributed by atoms with Crippen LogP contribution in [0.4, 0.5) is 8.78 Å². The number of aliphatic hydroxyl groups is 2. The topological polar surface area (TPSA) is 89.6 Å². The van der Waals surface area contributed by atoms with E-state index in [1.54, 1.807) is 18.2 Å². The summed E-state index contributed by atoms with van der Waals surface area (Å²) in [4.78, 5) is 0. The van der Waals surface area contributed by atoms with Crippen LogP contribution in [-0.2, 0) is 18.6 Å². The number of aliphatic hydroxyl groups excluding tert-OH is 2. The van der Waals surface area contributed by atoms with Gasteiger partial charge in [-0.1, -0.05) is 37.3 Å². The molecule has 0 unspecified atom stereocenters. The van der Waals surface area contributed by atoms with Crippen LogP contribution in [-0.4, -0.2) is 56.5 Å². The van der Waals surface area contributed by atoms with Crippen molar-refractivity contribution in [1.29, 1.82) is 0 Å². The average molecular weight is 496 g/mol. The first-order valence-corrected chi connectivity index (χ1v) is 11.3. The summed E-state index contributed by atoms with van der Waals surface area (Å²) >= 11 is 5.53. The lowest BCUT2D eigenvalue weighted by atomic mass is 9.78. The molecule has 34 heavy (non-hydrogen) atoms. The molecule has 0 aliphatic carbocycles. The first kappa shape index (κ1) is 25.9. The lowest BCUT2D eigenvalue weighted by molar-refractivity contribution is 0.0888. The fourth-order valence-electron chi connectivity index (χ4n) is 3.32. The number of hydrogen-bond donors (Lipinski definition) is 2. The number of nitrogens with zero attached hydrogens (tertiary/aromatic N) is 3. The Morgan fingerprint density at radius 2 is 1.71 bits per heavy atom. The zero-order valence-corrected chi connectivity index (χ0v) is 19.8. The van der Waals surface area contributed by atoms with Crippen LogP contribution in [0.25, 0.3) is 0 Å². The van der Waals surface area contributed by atoms with Gasteiger partial charge in [-0.2, -0.15) is 0 Å². The second-order valence-electron chi connectivity index (χ2n) is 8.44. The molecule has 3 aromatic rings. The van der Waals surface area contributed by atoms with Crippen LogP contribution in [0.15, 0.2) is 48.7 Å². The number of benzene rings is 2. The minimum Gasteiger partial charge on any atom is -0.491 e. The van der Waals surface area contributed by atoms with Gasteiger partial charge in [-0.3, -0.25) is 0 Å². The Morgan fingerprint density at radius 3 is 2.32 bits per heavy atom. The molecular weight excluding hydrogens is 468 g/mol. The van der Waals surface area contributed by atoms with Gasteiger partial charge in [0.1, 0.15) is 43.5 Å². The van der Waals surface area contributed by atoms with Gasteiger partial charge < -0.3 is 19.7 Å². The molecule has 1 heterocycles. The normalized spacial score (nSPS) is 13.5. The molecule has 0 aliphatic rings. The van der Waals surface area contributed by atoms with Crippen molar-refractivity contribution < 1.29 is 28.5 Å². The van der Waals surface area contributed by atoms with E-state index in [0.29, 0.717) is 5.75 Å². The zero-order chi connectivity index (χ0) is 24.7. The summed E-state index contributed by atoms with van der Waals surface area (Å²) in [7, 11) is 0. The number of rotatable bonds is 12. The maximum Gasteiger partial charge on any atom is 0.165 e. The molecule has 184 valence electrons. The molecule has 0 amide bonds. The van der Waals surface area contributed by atoms with E-state index in [4.69, 9.17) is 21.1 Å². The number of ether oxygens (including phenoxy) is 2. The second kappa shape index (κ2) is 11.6. The third kappa shape index (κ3) is 6.65. The van der Waals surface area contributed by atoms with Gasteiger partial charge in [0.05, 0.1) is 18.6 Å². The summed E-state index contributed by atoms with van der Waals surface area (Å²) in [5.41, 5.74) is 1.39. The van der Waals surface area contributed by atoms with E-state index >= 15 is 0 Å². The minimum absolute atomic E-state index is 0.00846. The molecule has 2 N–H and O–H groups in total. The summed E-state index contributed by atoms with van der Waals surface area (Å²) in [5, 5.41) is 27.0. The second-order valence-corrected chi connectivity index (χ2v) is 8.75. The largest absolute Gasteiger partial charge is 0.491 e. The van der Waals surface area contributed by atoms with Gasteiger partial charge in [-0.15, -0.1) is 16.7 Å². The van der Waals surface area contributed by atoms with Crippen LogP contribution in [0, 0.1) is 5.82 Å². The first-order valence-electron chi connectivity index (χ1n) is 10.8. The van der Waals surface area contributed by atoms with Crippen LogP contribution in [0.3, 0.4) is 0 Å². The Morgan fingerprint density at radius 1 is 1.03 bits per heavy atom. The van der Waals surface area contributed by atoms with E-state index in [1.807, 2.05) is 26.0 Å². The van der Waals surface area contributed by atoms with Crippen molar-refractivity contribution in [3.8, 4) is 11.5 Å². The SMILES string of the molecule is CC(C)(c1ccc(OC[C@@H](O)Cn2cc(CF)nn2)cc1)c1ccc(OC[C@H](O)CCl)c(F)c1. The Kier molecular flexibility index (Phi) is 8.82. The summed E-state index contributed by atoms with van der Waals surface area (Å²) in [6.07, 6.45) is -0.277. The molecule has 3 rings (SSSR count). The van der Waals surface area contributed by atoms with E-state index < -0.39 is 30.1 Å². The minimum atomic E-state index is -0.865. The molecule has 2 aromatic carbocycles. The van der Waals surface area contributed by atoms with Crippen molar-refractivity contribution in [2.24, 2.45) is 0 Å². The summed E-state index contributed by atoms with van der Waals surface area (Å²) in [6.45, 7) is 3.31. The third-order valence-electron chi connectivity index (χ3n) is 5.40. The molecule has 1 aromatic heterocycles. The first-order chi connectivity index (χ1) is 16.2. The van der Waals surface area contributed by atoms with Crippen LogP contribution in [0.2, 0.25) is 0 Å². The van der Waals surface area contributed by atoms with Crippen LogP contribution >= 0.6 is 11.6 Å². The molecule has 0 bridgehead atoms. The van der Waals surface area contributed by atoms with E-state index in [0.717, 1.165) is 11.1 Å². The van der Waals surface area contributed by atoms with Crippen LogP contribution < -0.4 is 9.47 Å². The number of aromatic nitrogens is 3. The van der Waals surface area contributed by atoms with Gasteiger partial charge in [-0.05, 0) is 35.4 Å². The third-order valence-corrected chi connectivity index (χ3v) is 5.76. The van der Waals surface area contributed by atoms with Crippen molar-refractivity contribution in [2.45, 2.75) is 44.7 Å². The maximum atomic E-state index is 14.6. The summed E-state index contributed by atoms with van der Waals surface area (Å²) in [6, 6.07) is 12.1. The number of hydrogen-bond acceptors (Lipinski definition) is 6. The molecule has 2 atom stereocenters. The molecule has 7 nitrogen and oxygen atoms in total. The monoisotopic (exact) mass is 495 g/mol. The Bertz CT molecular complexity index is 1060. The molecule has 0 saturated carbocycles. The van der Waals surface area contributed by atoms with Crippen molar-refractivity contribution in [3.63, 3.8) is 0 Å². The molecule has 10 heteroatoms. The smallest absolute Gasteiger partial charge is 0.165 e. The zero-order valence-electron chi connectivity index (χ0n) is 19.0. The molecule has 0 aliphatic heterocycles. The van der Waals surface area contributed by atoms with Crippen LogP contribution in [0.5, 0.6) is 11.5 Å². The Hall–Kier alpha value is -2.75. The van der Waals surface area contributed by atoms with E-state index in [-0.39, 0.29) is 37.1 Å². The average Bonchev–Trinajstić information content (AvgIpc) is 3.29. The molecular formula is C24H28ClF2N3O4. The lowest BCUT2D eigenvalue weighted by Crippen LogP contribution is -2.24. The lowest BCUT2D eigenvalue weighted by Gasteiger charge is -2.27. The van der Waals surface area contributed by atoms with Gasteiger partial charge in [-0.25, -0.2) is 13.5 Å². The highest BCUT2D eigenvalue weighted by molar-refractivity contribution is 6.18. The van der Waals surface area contributed by atoms with Gasteiger partial charge >= 0.3 is 0 Å². The van der Waals surface area contributed by atoms with Crippen molar-refractivity contribution in [3.05, 3.63) is 71.3 Å².